The zero-order valence-electron chi connectivity index (χ0n) is 9.79. The van der Waals surface area contributed by atoms with Crippen LogP contribution in [0.2, 0.25) is 0 Å². The molecule has 0 aromatic carbocycles. The van der Waals surface area contributed by atoms with Crippen LogP contribution in [0.25, 0.3) is 0 Å². The number of rotatable bonds is 4. The van der Waals surface area contributed by atoms with Crippen molar-refractivity contribution >= 4 is 9.47 Å². The molecule has 0 amide bonds. The number of ether oxygens (including phenoxy) is 2. The minimum absolute atomic E-state index is 0.208. The van der Waals surface area contributed by atoms with Crippen molar-refractivity contribution in [2.24, 2.45) is 0 Å². The van der Waals surface area contributed by atoms with E-state index in [1.54, 1.807) is 21.0 Å². The summed E-state index contributed by atoms with van der Waals surface area (Å²) < 4.78 is 14.6. The summed E-state index contributed by atoms with van der Waals surface area (Å²) in [5, 5.41) is 6.44. The summed E-state index contributed by atoms with van der Waals surface area (Å²) in [5.41, 5.74) is 0. The van der Waals surface area contributed by atoms with Crippen LogP contribution < -0.4 is 10.6 Å². The van der Waals surface area contributed by atoms with E-state index >= 15 is 0 Å². The Labute approximate surface area is 94.5 Å². The van der Waals surface area contributed by atoms with E-state index in [9.17, 15) is 0 Å². The molecule has 3 atom stereocenters. The fourth-order valence-corrected chi connectivity index (χ4v) is 1.03. The minimum atomic E-state index is -0.232. The van der Waals surface area contributed by atoms with E-state index in [1.807, 2.05) is 0 Å². The maximum absolute atomic E-state index is 5.08. The molecule has 0 aromatic heterocycles. The van der Waals surface area contributed by atoms with Crippen molar-refractivity contribution in [1.29, 1.82) is 0 Å². The van der Waals surface area contributed by atoms with Crippen molar-refractivity contribution in [2.45, 2.75) is 26.4 Å². The van der Waals surface area contributed by atoms with Crippen LogP contribution in [-0.2, 0) is 14.0 Å². The molecule has 0 saturated carbocycles. The molecule has 15 heavy (non-hydrogen) atoms. The average Bonchev–Trinajstić information content (AvgIpc) is 2.31. The minimum Gasteiger partial charge on any atom is -0.356 e. The summed E-state index contributed by atoms with van der Waals surface area (Å²) in [5.74, 6) is 0. The van der Waals surface area contributed by atoms with Gasteiger partial charge in [0.1, 0.15) is 0 Å². The van der Waals surface area contributed by atoms with E-state index in [0.717, 1.165) is 26.2 Å². The van der Waals surface area contributed by atoms with Crippen LogP contribution in [0.1, 0.15) is 13.8 Å². The lowest BCUT2D eigenvalue weighted by molar-refractivity contribution is -0.189. The Morgan fingerprint density at radius 2 is 1.47 bits per heavy atom. The van der Waals surface area contributed by atoms with E-state index in [2.05, 4.69) is 20.1 Å². The molecule has 1 saturated heterocycles. The number of hydrogen-bond acceptors (Lipinski definition) is 5. The van der Waals surface area contributed by atoms with Crippen LogP contribution in [0.3, 0.4) is 0 Å². The van der Waals surface area contributed by atoms with Crippen molar-refractivity contribution in [2.75, 3.05) is 33.3 Å². The van der Waals surface area contributed by atoms with Crippen LogP contribution in [0, 0.1) is 0 Å². The smallest absolute Gasteiger partial charge is 0.161 e. The molecule has 1 aliphatic heterocycles. The van der Waals surface area contributed by atoms with Gasteiger partial charge in [0.05, 0.1) is 0 Å². The first kappa shape index (κ1) is 15.2. The first-order valence-electron chi connectivity index (χ1n) is 5.16. The molecule has 1 rings (SSSR count). The van der Waals surface area contributed by atoms with Gasteiger partial charge >= 0.3 is 0 Å². The largest absolute Gasteiger partial charge is 0.356 e. The predicted molar refractivity (Wildman–Crippen MR) is 63.6 cm³/mol. The van der Waals surface area contributed by atoms with Gasteiger partial charge in [-0.2, -0.15) is 0 Å². The zero-order chi connectivity index (χ0) is 11.5. The number of piperazine rings is 1. The van der Waals surface area contributed by atoms with E-state index in [-0.39, 0.29) is 12.6 Å². The summed E-state index contributed by atoms with van der Waals surface area (Å²) in [4.78, 5) is 0. The standard InChI is InChI=1S/C5H13O3P.C4H10N2/c1-4(6-3)7-5(2)8-9;1-2-6-4-3-5-1/h4-5H,9H2,1-3H3;5-6H,1-4H2. The van der Waals surface area contributed by atoms with Gasteiger partial charge in [0.15, 0.2) is 12.6 Å². The SMILES string of the molecule is C1CNCCN1.COC(C)OC(C)OP. The summed E-state index contributed by atoms with van der Waals surface area (Å²) >= 11 is 0. The van der Waals surface area contributed by atoms with Gasteiger partial charge in [0, 0.05) is 42.8 Å². The number of hydrogen-bond donors (Lipinski definition) is 2. The second-order valence-electron chi connectivity index (χ2n) is 3.14. The predicted octanol–water partition coefficient (Wildman–Crippen LogP) is 0.327. The summed E-state index contributed by atoms with van der Waals surface area (Å²) in [6.07, 6.45) is -0.439. The van der Waals surface area contributed by atoms with Crippen LogP contribution in [0.4, 0.5) is 0 Å². The lowest BCUT2D eigenvalue weighted by Crippen LogP contribution is -2.39. The van der Waals surface area contributed by atoms with Crippen molar-refractivity contribution in [3.05, 3.63) is 0 Å². The van der Waals surface area contributed by atoms with Crippen LogP contribution in [-0.4, -0.2) is 45.9 Å². The zero-order valence-corrected chi connectivity index (χ0v) is 10.9. The van der Waals surface area contributed by atoms with Crippen molar-refractivity contribution < 1.29 is 14.0 Å². The third kappa shape index (κ3) is 10.5. The second-order valence-corrected chi connectivity index (χ2v) is 3.42. The topological polar surface area (TPSA) is 51.8 Å². The Morgan fingerprint density at radius 3 is 1.73 bits per heavy atom. The second kappa shape index (κ2) is 10.7. The Bertz CT molecular complexity index is 117. The van der Waals surface area contributed by atoms with Gasteiger partial charge in [-0.25, -0.2) is 0 Å². The number of nitrogens with one attached hydrogen (secondary N) is 2. The Balaban J connectivity index is 0.000000280. The maximum atomic E-state index is 5.08. The van der Waals surface area contributed by atoms with E-state index < -0.39 is 0 Å². The Hall–Kier alpha value is 0.230. The molecule has 0 aromatic rings. The number of methoxy groups -OCH3 is 1. The molecule has 1 aliphatic rings. The van der Waals surface area contributed by atoms with Crippen LogP contribution >= 0.6 is 9.47 Å². The molecule has 0 bridgehead atoms. The summed E-state index contributed by atoms with van der Waals surface area (Å²) in [7, 11) is 3.71. The lowest BCUT2D eigenvalue weighted by atomic mass is 10.4. The van der Waals surface area contributed by atoms with E-state index in [1.165, 1.54) is 0 Å². The first-order valence-corrected chi connectivity index (χ1v) is 5.63. The van der Waals surface area contributed by atoms with E-state index in [0.29, 0.717) is 0 Å². The van der Waals surface area contributed by atoms with Crippen molar-refractivity contribution in [1.82, 2.24) is 10.6 Å². The first-order chi connectivity index (χ1) is 7.20. The third-order valence-corrected chi connectivity index (χ3v) is 2.25. The molecule has 0 spiro atoms. The normalized spacial score (nSPS) is 20.0. The molecule has 1 fully saturated rings. The van der Waals surface area contributed by atoms with Gasteiger partial charge in [-0.15, -0.1) is 0 Å². The molecule has 6 heteroatoms. The Kier molecular flexibility index (Phi) is 10.9. The monoisotopic (exact) mass is 238 g/mol. The van der Waals surface area contributed by atoms with Crippen molar-refractivity contribution in [3.63, 3.8) is 0 Å². The van der Waals surface area contributed by atoms with Gasteiger partial charge in [0.25, 0.3) is 0 Å². The maximum Gasteiger partial charge on any atom is 0.161 e. The molecule has 1 heterocycles. The van der Waals surface area contributed by atoms with E-state index in [4.69, 9.17) is 14.0 Å². The quantitative estimate of drug-likeness (QED) is 0.546. The molecule has 3 unspecified atom stereocenters. The molecule has 0 aliphatic carbocycles. The van der Waals surface area contributed by atoms with Gasteiger partial charge in [0.2, 0.25) is 0 Å². The molecular formula is C9H23N2O3P. The highest BCUT2D eigenvalue weighted by atomic mass is 31.0. The van der Waals surface area contributed by atoms with Gasteiger partial charge in [-0.3, -0.25) is 0 Å². The Morgan fingerprint density at radius 1 is 1.00 bits per heavy atom. The highest BCUT2D eigenvalue weighted by molar-refractivity contribution is 7.09. The molecule has 5 nitrogen and oxygen atoms in total. The van der Waals surface area contributed by atoms with Crippen molar-refractivity contribution in [3.8, 4) is 0 Å². The lowest BCUT2D eigenvalue weighted by Gasteiger charge is -2.15. The summed E-state index contributed by atoms with van der Waals surface area (Å²) in [6, 6.07) is 0. The van der Waals surface area contributed by atoms with Gasteiger partial charge in [-0.1, -0.05) is 0 Å². The fourth-order valence-electron chi connectivity index (χ4n) is 0.961. The summed E-state index contributed by atoms with van der Waals surface area (Å²) in [6.45, 7) is 8.16. The molecule has 92 valence electrons. The molecule has 0 radical (unpaired) electrons. The molecule has 2 N–H and O–H groups in total. The van der Waals surface area contributed by atoms with Crippen LogP contribution in [0.15, 0.2) is 0 Å². The molecular weight excluding hydrogens is 215 g/mol. The van der Waals surface area contributed by atoms with Crippen LogP contribution in [0.5, 0.6) is 0 Å². The highest BCUT2D eigenvalue weighted by Gasteiger charge is 2.03. The average molecular weight is 238 g/mol. The van der Waals surface area contributed by atoms with Gasteiger partial charge in [-0.05, 0) is 13.8 Å². The highest BCUT2D eigenvalue weighted by Crippen LogP contribution is 2.02. The third-order valence-electron chi connectivity index (χ3n) is 1.86. The fraction of sp³-hybridized carbons (Fsp3) is 1.00. The van der Waals surface area contributed by atoms with Gasteiger partial charge < -0.3 is 24.6 Å².